The molecular formula is C13H11N3O4S2. The molecule has 0 aliphatic heterocycles. The van der Waals surface area contributed by atoms with Crippen molar-refractivity contribution in [3.8, 4) is 0 Å². The Morgan fingerprint density at radius 3 is 2.82 bits per heavy atom. The second kappa shape index (κ2) is 5.11. The molecule has 0 unspecified atom stereocenters. The van der Waals surface area contributed by atoms with Crippen molar-refractivity contribution in [1.29, 1.82) is 0 Å². The van der Waals surface area contributed by atoms with Crippen LogP contribution in [-0.2, 0) is 10.0 Å². The van der Waals surface area contributed by atoms with E-state index >= 15 is 0 Å². The molecule has 0 atom stereocenters. The molecule has 22 heavy (non-hydrogen) atoms. The largest absolute Gasteiger partial charge is 0.477 e. The standard InChI is InChI=1S/C13H11N3O4S2/c1-7-6-21-13(14-7)22(19,20)16-9-4-2-3-8-5-10(12(17)18)15-11(8)9/h2-6,15-16H,1H3,(H,17,18). The Bertz CT molecular complexity index is 972. The monoisotopic (exact) mass is 337 g/mol. The van der Waals surface area contributed by atoms with Crippen LogP contribution in [0.25, 0.3) is 10.9 Å². The number of H-pyrrole nitrogens is 1. The Morgan fingerprint density at radius 1 is 1.41 bits per heavy atom. The van der Waals surface area contributed by atoms with Crippen molar-refractivity contribution < 1.29 is 18.3 Å². The fourth-order valence-electron chi connectivity index (χ4n) is 2.00. The van der Waals surface area contributed by atoms with Gasteiger partial charge in [0, 0.05) is 16.5 Å². The number of aromatic carboxylic acids is 1. The number of rotatable bonds is 4. The number of aromatic amines is 1. The van der Waals surface area contributed by atoms with Crippen LogP contribution in [0.5, 0.6) is 0 Å². The van der Waals surface area contributed by atoms with Crippen molar-refractivity contribution in [2.24, 2.45) is 0 Å². The zero-order chi connectivity index (χ0) is 15.9. The van der Waals surface area contributed by atoms with Gasteiger partial charge >= 0.3 is 5.97 Å². The van der Waals surface area contributed by atoms with Crippen LogP contribution in [0.3, 0.4) is 0 Å². The number of anilines is 1. The molecule has 0 aliphatic carbocycles. The van der Waals surface area contributed by atoms with Crippen LogP contribution >= 0.6 is 11.3 Å². The van der Waals surface area contributed by atoms with Gasteiger partial charge in [-0.05, 0) is 19.1 Å². The van der Waals surface area contributed by atoms with E-state index in [-0.39, 0.29) is 15.7 Å². The Morgan fingerprint density at radius 2 is 2.18 bits per heavy atom. The minimum Gasteiger partial charge on any atom is -0.477 e. The number of fused-ring (bicyclic) bond motifs is 1. The van der Waals surface area contributed by atoms with Crippen molar-refractivity contribution in [2.45, 2.75) is 11.3 Å². The van der Waals surface area contributed by atoms with Gasteiger partial charge in [0.1, 0.15) is 5.69 Å². The van der Waals surface area contributed by atoms with E-state index < -0.39 is 16.0 Å². The lowest BCUT2D eigenvalue weighted by atomic mass is 10.2. The van der Waals surface area contributed by atoms with E-state index in [0.717, 1.165) is 11.3 Å². The summed E-state index contributed by atoms with van der Waals surface area (Å²) in [5.41, 5.74) is 1.30. The number of hydrogen-bond acceptors (Lipinski definition) is 5. The highest BCUT2D eigenvalue weighted by Gasteiger charge is 2.20. The topological polar surface area (TPSA) is 112 Å². The molecule has 2 aromatic heterocycles. The number of sulfonamides is 1. The third-order valence-corrected chi connectivity index (χ3v) is 5.70. The number of carboxylic acid groups (broad SMARTS) is 1. The normalized spacial score (nSPS) is 11.7. The van der Waals surface area contributed by atoms with Crippen LogP contribution in [0.1, 0.15) is 16.2 Å². The maximum absolute atomic E-state index is 12.3. The van der Waals surface area contributed by atoms with Crippen LogP contribution in [-0.4, -0.2) is 29.5 Å². The summed E-state index contributed by atoms with van der Waals surface area (Å²) in [7, 11) is -3.80. The smallest absolute Gasteiger partial charge is 0.352 e. The van der Waals surface area contributed by atoms with Gasteiger partial charge in [-0.3, -0.25) is 4.72 Å². The molecule has 0 aliphatic rings. The molecular weight excluding hydrogens is 326 g/mol. The zero-order valence-corrected chi connectivity index (χ0v) is 13.0. The number of benzene rings is 1. The highest BCUT2D eigenvalue weighted by molar-refractivity contribution is 7.94. The summed E-state index contributed by atoms with van der Waals surface area (Å²) in [5.74, 6) is -1.11. The third-order valence-electron chi connectivity index (χ3n) is 2.96. The molecule has 1 aromatic carbocycles. The van der Waals surface area contributed by atoms with E-state index in [9.17, 15) is 13.2 Å². The lowest BCUT2D eigenvalue weighted by Crippen LogP contribution is -2.13. The number of nitrogens with zero attached hydrogens (tertiary/aromatic N) is 1. The Kier molecular flexibility index (Phi) is 3.38. The summed E-state index contributed by atoms with van der Waals surface area (Å²) in [6, 6.07) is 6.35. The predicted octanol–water partition coefficient (Wildman–Crippen LogP) is 2.43. The lowest BCUT2D eigenvalue weighted by molar-refractivity contribution is 0.0691. The molecule has 114 valence electrons. The van der Waals surface area contributed by atoms with Gasteiger partial charge in [0.15, 0.2) is 0 Å². The van der Waals surface area contributed by atoms with Crippen molar-refractivity contribution in [3.05, 3.63) is 41.0 Å². The van der Waals surface area contributed by atoms with Gasteiger partial charge in [-0.1, -0.05) is 12.1 Å². The number of carboxylic acids is 1. The Labute approximate surface area is 129 Å². The summed E-state index contributed by atoms with van der Waals surface area (Å²) < 4.78 is 27.0. The molecule has 3 rings (SSSR count). The molecule has 0 amide bonds. The molecule has 0 saturated heterocycles. The molecule has 3 N–H and O–H groups in total. The first-order chi connectivity index (χ1) is 10.4. The van der Waals surface area contributed by atoms with Crippen LogP contribution in [0.4, 0.5) is 5.69 Å². The molecule has 0 bridgehead atoms. The molecule has 0 spiro atoms. The van der Waals surface area contributed by atoms with Gasteiger partial charge in [-0.2, -0.15) is 8.42 Å². The van der Waals surface area contributed by atoms with E-state index in [2.05, 4.69) is 14.7 Å². The second-order valence-electron chi connectivity index (χ2n) is 4.62. The SMILES string of the molecule is Cc1csc(S(=O)(=O)Nc2cccc3cc(C(=O)O)[nH]c23)n1. The van der Waals surface area contributed by atoms with E-state index in [1.54, 1.807) is 30.5 Å². The minimum atomic E-state index is -3.80. The third kappa shape index (κ3) is 2.55. The fraction of sp³-hybridized carbons (Fsp3) is 0.0769. The maximum atomic E-state index is 12.3. The molecule has 0 saturated carbocycles. The summed E-state index contributed by atoms with van der Waals surface area (Å²) in [6.45, 7) is 1.71. The number of hydrogen-bond donors (Lipinski definition) is 3. The first kappa shape index (κ1) is 14.5. The van der Waals surface area contributed by atoms with Crippen molar-refractivity contribution >= 4 is 43.9 Å². The van der Waals surface area contributed by atoms with Crippen molar-refractivity contribution in [1.82, 2.24) is 9.97 Å². The maximum Gasteiger partial charge on any atom is 0.352 e. The minimum absolute atomic E-state index is 0.00765. The van der Waals surface area contributed by atoms with E-state index in [1.807, 2.05) is 0 Å². The molecule has 9 heteroatoms. The van der Waals surface area contributed by atoms with Gasteiger partial charge in [-0.15, -0.1) is 11.3 Å². The second-order valence-corrected chi connectivity index (χ2v) is 7.33. The Hall–Kier alpha value is -2.39. The number of para-hydroxylation sites is 1. The molecule has 7 nitrogen and oxygen atoms in total. The Balaban J connectivity index is 2.05. The number of carbonyl (C=O) groups is 1. The average molecular weight is 337 g/mol. The number of aryl methyl sites for hydroxylation is 1. The first-order valence-corrected chi connectivity index (χ1v) is 8.53. The number of aromatic nitrogens is 2. The van der Waals surface area contributed by atoms with Crippen LogP contribution in [0.15, 0.2) is 34.0 Å². The van der Waals surface area contributed by atoms with Gasteiger partial charge in [0.2, 0.25) is 4.34 Å². The van der Waals surface area contributed by atoms with Gasteiger partial charge in [0.25, 0.3) is 10.0 Å². The van der Waals surface area contributed by atoms with Crippen molar-refractivity contribution in [2.75, 3.05) is 4.72 Å². The first-order valence-electron chi connectivity index (χ1n) is 6.17. The molecule has 0 radical (unpaired) electrons. The number of nitrogens with one attached hydrogen (secondary N) is 2. The van der Waals surface area contributed by atoms with Crippen molar-refractivity contribution in [3.63, 3.8) is 0 Å². The summed E-state index contributed by atoms with van der Waals surface area (Å²) >= 11 is 1.03. The summed E-state index contributed by atoms with van der Waals surface area (Å²) in [6.07, 6.45) is 0. The molecule has 3 aromatic rings. The summed E-state index contributed by atoms with van der Waals surface area (Å²) in [4.78, 5) is 17.7. The predicted molar refractivity (Wildman–Crippen MR) is 82.9 cm³/mol. The number of thiazole rings is 1. The van der Waals surface area contributed by atoms with Gasteiger partial charge < -0.3 is 10.1 Å². The highest BCUT2D eigenvalue weighted by atomic mass is 32.2. The molecule has 2 heterocycles. The average Bonchev–Trinajstić information content (AvgIpc) is 3.05. The van der Waals surface area contributed by atoms with E-state index in [4.69, 9.17) is 5.11 Å². The zero-order valence-electron chi connectivity index (χ0n) is 11.3. The summed E-state index contributed by atoms with van der Waals surface area (Å²) in [5, 5.41) is 11.3. The van der Waals surface area contributed by atoms with Gasteiger partial charge in [-0.25, -0.2) is 9.78 Å². The molecule has 0 fully saturated rings. The van der Waals surface area contributed by atoms with Crippen LogP contribution in [0.2, 0.25) is 0 Å². The van der Waals surface area contributed by atoms with E-state index in [0.29, 0.717) is 16.6 Å². The van der Waals surface area contributed by atoms with E-state index in [1.165, 1.54) is 6.07 Å². The van der Waals surface area contributed by atoms with Crippen LogP contribution in [0, 0.1) is 6.92 Å². The van der Waals surface area contributed by atoms with Crippen LogP contribution < -0.4 is 4.72 Å². The van der Waals surface area contributed by atoms with Gasteiger partial charge in [0.05, 0.1) is 11.2 Å². The lowest BCUT2D eigenvalue weighted by Gasteiger charge is -2.06. The highest BCUT2D eigenvalue weighted by Crippen LogP contribution is 2.27. The quantitative estimate of drug-likeness (QED) is 0.677. The fourth-order valence-corrected chi connectivity index (χ4v) is 4.11.